The summed E-state index contributed by atoms with van der Waals surface area (Å²) >= 11 is 1.52. The summed E-state index contributed by atoms with van der Waals surface area (Å²) in [5.74, 6) is 0.821. The minimum Gasteiger partial charge on any atom is -0.355 e. The predicted octanol–water partition coefficient (Wildman–Crippen LogP) is 3.13. The average molecular weight is 343 g/mol. The van der Waals surface area contributed by atoms with Crippen molar-refractivity contribution in [3.8, 4) is 10.6 Å². The Kier molecular flexibility index (Phi) is 4.30. The van der Waals surface area contributed by atoms with Gasteiger partial charge in [-0.1, -0.05) is 11.2 Å². The molecule has 0 aliphatic rings. The Bertz CT molecular complexity index is 847. The molecular weight excluding hydrogens is 326 g/mol. The highest BCUT2D eigenvalue weighted by Gasteiger charge is 2.18. The molecule has 0 aliphatic carbocycles. The van der Waals surface area contributed by atoms with Crippen LogP contribution in [-0.4, -0.2) is 35.1 Å². The van der Waals surface area contributed by atoms with Crippen LogP contribution in [0.5, 0.6) is 0 Å². The lowest BCUT2D eigenvalue weighted by atomic mass is 10.2. The van der Waals surface area contributed by atoms with Crippen molar-refractivity contribution in [2.75, 3.05) is 24.3 Å². The summed E-state index contributed by atoms with van der Waals surface area (Å²) in [6.07, 6.45) is 0. The van der Waals surface area contributed by atoms with Gasteiger partial charge in [-0.25, -0.2) is 9.97 Å². The van der Waals surface area contributed by atoms with Gasteiger partial charge in [0, 0.05) is 20.2 Å². The molecule has 0 fully saturated rings. The summed E-state index contributed by atoms with van der Waals surface area (Å²) < 4.78 is 5.24. The molecule has 8 heteroatoms. The molecule has 0 saturated heterocycles. The van der Waals surface area contributed by atoms with E-state index in [1.54, 1.807) is 6.07 Å². The van der Waals surface area contributed by atoms with Gasteiger partial charge in [-0.3, -0.25) is 4.79 Å². The Morgan fingerprint density at radius 2 is 1.96 bits per heavy atom. The standard InChI is InChI=1S/C16H17N5O2S/c1-9-14(10(2)18-16(17-9)21(3)4)19-15(22)11-8-12(23-20-11)13-6-5-7-24-13/h5-8H,1-4H3,(H,19,22). The highest BCUT2D eigenvalue weighted by Crippen LogP contribution is 2.26. The fourth-order valence-electron chi connectivity index (χ4n) is 2.17. The maximum Gasteiger partial charge on any atom is 0.277 e. The quantitative estimate of drug-likeness (QED) is 0.783. The maximum atomic E-state index is 12.4. The molecule has 124 valence electrons. The number of nitrogens with one attached hydrogen (secondary N) is 1. The van der Waals surface area contributed by atoms with Crippen LogP contribution in [0.2, 0.25) is 0 Å². The molecule has 0 aromatic carbocycles. The van der Waals surface area contributed by atoms with Crippen molar-refractivity contribution in [3.63, 3.8) is 0 Å². The Hall–Kier alpha value is -2.74. The minimum absolute atomic E-state index is 0.217. The molecule has 0 unspecified atom stereocenters. The molecule has 0 saturated carbocycles. The molecule has 3 aromatic heterocycles. The van der Waals surface area contributed by atoms with E-state index in [1.165, 1.54) is 11.3 Å². The van der Waals surface area contributed by atoms with Gasteiger partial charge in [0.25, 0.3) is 5.91 Å². The van der Waals surface area contributed by atoms with Crippen LogP contribution in [0.4, 0.5) is 11.6 Å². The molecule has 0 atom stereocenters. The van der Waals surface area contributed by atoms with Crippen LogP contribution in [0.1, 0.15) is 21.9 Å². The number of aromatic nitrogens is 3. The first-order chi connectivity index (χ1) is 11.5. The lowest BCUT2D eigenvalue weighted by Crippen LogP contribution is -2.18. The van der Waals surface area contributed by atoms with Gasteiger partial charge >= 0.3 is 0 Å². The summed E-state index contributed by atoms with van der Waals surface area (Å²) in [4.78, 5) is 23.9. The van der Waals surface area contributed by atoms with E-state index in [0.29, 0.717) is 28.8 Å². The summed E-state index contributed by atoms with van der Waals surface area (Å²) in [6, 6.07) is 5.45. The van der Waals surface area contributed by atoms with E-state index in [4.69, 9.17) is 4.52 Å². The topological polar surface area (TPSA) is 84.2 Å². The van der Waals surface area contributed by atoms with Gasteiger partial charge in [-0.05, 0) is 25.3 Å². The first-order valence-electron chi connectivity index (χ1n) is 7.30. The smallest absolute Gasteiger partial charge is 0.277 e. The average Bonchev–Trinajstić information content (AvgIpc) is 3.20. The summed E-state index contributed by atoms with van der Waals surface area (Å²) in [5, 5.41) is 8.60. The second-order valence-electron chi connectivity index (χ2n) is 5.47. The number of aryl methyl sites for hydroxylation is 2. The third kappa shape index (κ3) is 3.13. The Balaban J connectivity index is 1.83. The predicted molar refractivity (Wildman–Crippen MR) is 93.6 cm³/mol. The number of amides is 1. The third-order valence-electron chi connectivity index (χ3n) is 3.40. The van der Waals surface area contributed by atoms with E-state index in [0.717, 1.165) is 4.88 Å². The van der Waals surface area contributed by atoms with E-state index in [-0.39, 0.29) is 11.6 Å². The van der Waals surface area contributed by atoms with Crippen molar-refractivity contribution in [2.24, 2.45) is 0 Å². The molecule has 24 heavy (non-hydrogen) atoms. The molecule has 1 N–H and O–H groups in total. The largest absolute Gasteiger partial charge is 0.355 e. The normalized spacial score (nSPS) is 10.7. The van der Waals surface area contributed by atoms with Crippen LogP contribution >= 0.6 is 11.3 Å². The molecule has 1 amide bonds. The zero-order chi connectivity index (χ0) is 17.3. The number of anilines is 2. The highest BCUT2D eigenvalue weighted by atomic mass is 32.1. The number of rotatable bonds is 4. The third-order valence-corrected chi connectivity index (χ3v) is 4.29. The van der Waals surface area contributed by atoms with E-state index in [2.05, 4.69) is 20.4 Å². The van der Waals surface area contributed by atoms with Gasteiger partial charge in [-0.15, -0.1) is 11.3 Å². The van der Waals surface area contributed by atoms with Crippen LogP contribution in [0.15, 0.2) is 28.1 Å². The van der Waals surface area contributed by atoms with Gasteiger partial charge in [0.15, 0.2) is 11.5 Å². The van der Waals surface area contributed by atoms with Crippen LogP contribution < -0.4 is 10.2 Å². The molecule has 3 heterocycles. The summed E-state index contributed by atoms with van der Waals surface area (Å²) in [7, 11) is 3.74. The number of hydrogen-bond acceptors (Lipinski definition) is 7. The molecule has 0 spiro atoms. The van der Waals surface area contributed by atoms with Crippen molar-refractivity contribution in [3.05, 3.63) is 40.7 Å². The van der Waals surface area contributed by atoms with Crippen LogP contribution in [-0.2, 0) is 0 Å². The molecule has 0 bridgehead atoms. The summed E-state index contributed by atoms with van der Waals surface area (Å²) in [5.41, 5.74) is 2.20. The lowest BCUT2D eigenvalue weighted by Gasteiger charge is -2.15. The number of carbonyl (C=O) groups excluding carboxylic acids is 1. The lowest BCUT2D eigenvalue weighted by molar-refractivity contribution is 0.101. The number of thiophene rings is 1. The first-order valence-corrected chi connectivity index (χ1v) is 8.18. The minimum atomic E-state index is -0.353. The Morgan fingerprint density at radius 1 is 1.25 bits per heavy atom. The Labute approximate surface area is 143 Å². The monoisotopic (exact) mass is 343 g/mol. The van der Waals surface area contributed by atoms with Gasteiger partial charge in [0.1, 0.15) is 0 Å². The van der Waals surface area contributed by atoms with E-state index >= 15 is 0 Å². The van der Waals surface area contributed by atoms with Crippen molar-refractivity contribution in [1.82, 2.24) is 15.1 Å². The molecule has 3 aromatic rings. The zero-order valence-electron chi connectivity index (χ0n) is 13.8. The van der Waals surface area contributed by atoms with Crippen molar-refractivity contribution in [1.29, 1.82) is 0 Å². The van der Waals surface area contributed by atoms with Gasteiger partial charge in [-0.2, -0.15) is 0 Å². The van der Waals surface area contributed by atoms with E-state index < -0.39 is 0 Å². The van der Waals surface area contributed by atoms with E-state index in [9.17, 15) is 4.79 Å². The van der Waals surface area contributed by atoms with E-state index in [1.807, 2.05) is 50.4 Å². The van der Waals surface area contributed by atoms with Crippen LogP contribution in [0.3, 0.4) is 0 Å². The summed E-state index contributed by atoms with van der Waals surface area (Å²) in [6.45, 7) is 3.66. The maximum absolute atomic E-state index is 12.4. The van der Waals surface area contributed by atoms with Crippen molar-refractivity contribution in [2.45, 2.75) is 13.8 Å². The van der Waals surface area contributed by atoms with Gasteiger partial charge in [0.05, 0.1) is 22.0 Å². The first kappa shape index (κ1) is 16.1. The molecule has 0 radical (unpaired) electrons. The second-order valence-corrected chi connectivity index (χ2v) is 6.42. The van der Waals surface area contributed by atoms with Crippen molar-refractivity contribution < 1.29 is 9.32 Å². The Morgan fingerprint density at radius 3 is 2.54 bits per heavy atom. The fraction of sp³-hybridized carbons (Fsp3) is 0.250. The number of hydrogen-bond donors (Lipinski definition) is 1. The van der Waals surface area contributed by atoms with Crippen molar-refractivity contribution >= 4 is 28.9 Å². The van der Waals surface area contributed by atoms with Crippen LogP contribution in [0.25, 0.3) is 10.6 Å². The fourth-order valence-corrected chi connectivity index (χ4v) is 2.85. The SMILES string of the molecule is Cc1nc(N(C)C)nc(C)c1NC(=O)c1cc(-c2cccs2)on1. The molecular formula is C16H17N5O2S. The zero-order valence-corrected chi connectivity index (χ0v) is 14.6. The second kappa shape index (κ2) is 6.40. The number of nitrogens with zero attached hydrogens (tertiary/aromatic N) is 4. The van der Waals surface area contributed by atoms with Gasteiger partial charge in [0.2, 0.25) is 5.95 Å². The molecule has 7 nitrogen and oxygen atoms in total. The molecule has 0 aliphatic heterocycles. The molecule has 3 rings (SSSR count). The van der Waals surface area contributed by atoms with Gasteiger partial charge < -0.3 is 14.7 Å². The highest BCUT2D eigenvalue weighted by molar-refractivity contribution is 7.13. The number of carbonyl (C=O) groups is 1. The van der Waals surface area contributed by atoms with Crippen LogP contribution in [0, 0.1) is 13.8 Å².